The predicted octanol–water partition coefficient (Wildman–Crippen LogP) is 22.3. The summed E-state index contributed by atoms with van der Waals surface area (Å²) in [4.78, 5) is 4.77. The molecule has 0 aliphatic heterocycles. The van der Waals surface area contributed by atoms with Crippen LogP contribution in [0.2, 0.25) is 0 Å². The van der Waals surface area contributed by atoms with E-state index in [0.29, 0.717) is 0 Å². The lowest BCUT2D eigenvalue weighted by Crippen LogP contribution is -2.16. The van der Waals surface area contributed by atoms with Gasteiger partial charge in [0.15, 0.2) is 0 Å². The van der Waals surface area contributed by atoms with E-state index in [-0.39, 0.29) is 10.8 Å². The zero-order valence-corrected chi connectivity index (χ0v) is 48.1. The van der Waals surface area contributed by atoms with E-state index in [1.807, 2.05) is 0 Å². The van der Waals surface area contributed by atoms with Gasteiger partial charge in [-0.2, -0.15) is 0 Å². The number of benzene rings is 12. The fourth-order valence-electron chi connectivity index (χ4n) is 13.2. The first-order chi connectivity index (χ1) is 39.7. The zero-order valence-electron chi connectivity index (χ0n) is 48.1. The molecule has 0 radical (unpaired) electrons. The van der Waals surface area contributed by atoms with Gasteiger partial charge in [0.05, 0.1) is 0 Å². The maximum absolute atomic E-state index is 2.42. The number of rotatable bonds is 10. The summed E-state index contributed by atoms with van der Waals surface area (Å²) < 4.78 is 0. The quantitative estimate of drug-likeness (QED) is 0.0995. The molecule has 2 aliphatic rings. The molecule has 0 unspecified atom stereocenters. The van der Waals surface area contributed by atoms with Crippen LogP contribution in [0.5, 0.6) is 0 Å². The molecule has 12 aromatic rings. The van der Waals surface area contributed by atoms with Crippen molar-refractivity contribution in [3.05, 3.63) is 297 Å². The SMILES string of the molecule is Cc1ccc(N(c2ccc(C)cc2)c2ccc3c(c2)C(C)(C)c2cc(/C=C/c4ccc5c6ccc(/C=C/c7ccc8c(c7)C(C)(C)c7cc(N(c9ccc(C)cc9)c9ccc(C)cc9)ccc7-8)cc6c6ccccc6c5c4)ccc2-3)cc1. The van der Waals surface area contributed by atoms with Crippen molar-refractivity contribution in [1.82, 2.24) is 0 Å². The summed E-state index contributed by atoms with van der Waals surface area (Å²) in [7, 11) is 0. The molecule has 0 aromatic heterocycles. The molecular formula is C80H66N2. The van der Waals surface area contributed by atoms with Crippen LogP contribution < -0.4 is 9.80 Å². The second-order valence-electron chi connectivity index (χ2n) is 24.2. The third kappa shape index (κ3) is 8.73. The van der Waals surface area contributed by atoms with E-state index in [1.165, 1.54) is 133 Å². The number of fused-ring (bicyclic) bond motifs is 12. The van der Waals surface area contributed by atoms with Crippen molar-refractivity contribution in [2.45, 2.75) is 66.2 Å². The summed E-state index contributed by atoms with van der Waals surface area (Å²) in [6.07, 6.45) is 9.14. The highest BCUT2D eigenvalue weighted by atomic mass is 15.1. The lowest BCUT2D eigenvalue weighted by atomic mass is 9.81. The molecular weight excluding hydrogens is 989 g/mol. The second kappa shape index (κ2) is 19.6. The molecule has 396 valence electrons. The summed E-state index contributed by atoms with van der Waals surface area (Å²) in [6, 6.07) is 86.5. The Morgan fingerprint density at radius 2 is 0.500 bits per heavy atom. The average molecular weight is 1060 g/mol. The molecule has 0 spiro atoms. The van der Waals surface area contributed by atoms with E-state index in [0.717, 1.165) is 22.7 Å². The molecule has 0 heterocycles. The van der Waals surface area contributed by atoms with Crippen LogP contribution in [-0.4, -0.2) is 0 Å². The van der Waals surface area contributed by atoms with Gasteiger partial charge < -0.3 is 9.80 Å². The third-order valence-electron chi connectivity index (χ3n) is 17.9. The van der Waals surface area contributed by atoms with Crippen molar-refractivity contribution in [3.8, 4) is 22.3 Å². The van der Waals surface area contributed by atoms with Crippen molar-refractivity contribution in [3.63, 3.8) is 0 Å². The van der Waals surface area contributed by atoms with Crippen LogP contribution >= 0.6 is 0 Å². The van der Waals surface area contributed by atoms with E-state index < -0.39 is 0 Å². The van der Waals surface area contributed by atoms with Gasteiger partial charge in [-0.3, -0.25) is 0 Å². The predicted molar refractivity (Wildman–Crippen MR) is 353 cm³/mol. The Balaban J connectivity index is 0.730. The maximum Gasteiger partial charge on any atom is 0.0465 e. The molecule has 0 N–H and O–H groups in total. The van der Waals surface area contributed by atoms with E-state index in [2.05, 4.69) is 320 Å². The first kappa shape index (κ1) is 50.7. The maximum atomic E-state index is 2.42. The molecule has 0 atom stereocenters. The van der Waals surface area contributed by atoms with Crippen LogP contribution in [0.4, 0.5) is 34.1 Å². The molecule has 2 nitrogen and oxygen atoms in total. The molecule has 82 heavy (non-hydrogen) atoms. The summed E-state index contributed by atoms with van der Waals surface area (Å²) >= 11 is 0. The van der Waals surface area contributed by atoms with Crippen molar-refractivity contribution in [2.24, 2.45) is 0 Å². The minimum atomic E-state index is -0.179. The summed E-state index contributed by atoms with van der Waals surface area (Å²) in [5, 5.41) is 7.62. The summed E-state index contributed by atoms with van der Waals surface area (Å²) in [5.74, 6) is 0. The Morgan fingerprint density at radius 1 is 0.244 bits per heavy atom. The Bertz CT molecular complexity index is 4160. The summed E-state index contributed by atoms with van der Waals surface area (Å²) in [5.41, 5.74) is 27.1. The molecule has 14 rings (SSSR count). The van der Waals surface area contributed by atoms with Gasteiger partial charge in [0.1, 0.15) is 0 Å². The molecule has 0 amide bonds. The third-order valence-corrected chi connectivity index (χ3v) is 17.9. The van der Waals surface area contributed by atoms with Crippen LogP contribution in [0.1, 0.15) is 94.5 Å². The van der Waals surface area contributed by atoms with Gasteiger partial charge in [-0.05, 0) is 212 Å². The first-order valence-electron chi connectivity index (χ1n) is 29.0. The van der Waals surface area contributed by atoms with Crippen molar-refractivity contribution >= 4 is 90.7 Å². The first-order valence-corrected chi connectivity index (χ1v) is 29.0. The van der Waals surface area contributed by atoms with Crippen molar-refractivity contribution in [1.29, 1.82) is 0 Å². The highest BCUT2D eigenvalue weighted by Gasteiger charge is 2.38. The molecule has 0 bridgehead atoms. The minimum absolute atomic E-state index is 0.179. The Morgan fingerprint density at radius 3 is 0.829 bits per heavy atom. The molecule has 0 saturated heterocycles. The molecule has 2 aliphatic carbocycles. The molecule has 2 heteroatoms. The fourth-order valence-corrected chi connectivity index (χ4v) is 13.2. The van der Waals surface area contributed by atoms with Crippen LogP contribution in [0.15, 0.2) is 231 Å². The van der Waals surface area contributed by atoms with Crippen LogP contribution in [-0.2, 0) is 10.8 Å². The van der Waals surface area contributed by atoms with E-state index >= 15 is 0 Å². The average Bonchev–Trinajstić information content (AvgIpc) is 2.75. The van der Waals surface area contributed by atoms with Gasteiger partial charge in [0, 0.05) is 45.0 Å². The molecule has 0 fully saturated rings. The smallest absolute Gasteiger partial charge is 0.0465 e. The second-order valence-corrected chi connectivity index (χ2v) is 24.2. The van der Waals surface area contributed by atoms with Crippen LogP contribution in [0.3, 0.4) is 0 Å². The Hall–Kier alpha value is -9.50. The Kier molecular flexibility index (Phi) is 12.1. The number of anilines is 6. The van der Waals surface area contributed by atoms with Crippen molar-refractivity contribution < 1.29 is 0 Å². The van der Waals surface area contributed by atoms with Crippen LogP contribution in [0, 0.1) is 27.7 Å². The molecule has 0 saturated carbocycles. The monoisotopic (exact) mass is 1050 g/mol. The van der Waals surface area contributed by atoms with E-state index in [1.54, 1.807) is 0 Å². The van der Waals surface area contributed by atoms with E-state index in [4.69, 9.17) is 0 Å². The van der Waals surface area contributed by atoms with E-state index in [9.17, 15) is 0 Å². The van der Waals surface area contributed by atoms with Crippen molar-refractivity contribution in [2.75, 3.05) is 9.80 Å². The number of nitrogens with zero attached hydrogens (tertiary/aromatic N) is 2. The normalized spacial score (nSPS) is 13.7. The van der Waals surface area contributed by atoms with Gasteiger partial charge in [-0.1, -0.05) is 220 Å². The zero-order chi connectivity index (χ0) is 56.0. The lowest BCUT2D eigenvalue weighted by Gasteiger charge is -2.28. The standard InChI is InChI=1S/C80H66N2/c1-51-13-29-59(30-14-51)81(60-31-15-52(2)16-32-60)63-37-43-71-69-41-27-57(47-75(69)79(5,6)77(71)49-63)23-21-55-25-39-67-68-40-26-56(46-74(68)66-12-10-9-11-65(66)73(67)45-55)22-24-58-28-42-70-72-44-38-64(50-78(72)80(7,8)76(70)48-58)82(61-33-17-53(3)18-34-61)62-35-19-54(4)20-36-62/h9-50H,1-8H3/b23-21+,24-22+. The number of aryl methyl sites for hydroxylation is 4. The van der Waals surface area contributed by atoms with Crippen LogP contribution in [0.25, 0.3) is 78.9 Å². The highest BCUT2D eigenvalue weighted by Crippen LogP contribution is 2.53. The lowest BCUT2D eigenvalue weighted by molar-refractivity contribution is 0.660. The summed E-state index contributed by atoms with van der Waals surface area (Å²) in [6.45, 7) is 18.1. The van der Waals surface area contributed by atoms with Gasteiger partial charge in [0.25, 0.3) is 0 Å². The number of hydrogen-bond acceptors (Lipinski definition) is 2. The fraction of sp³-hybridized carbons (Fsp3) is 0.125. The highest BCUT2D eigenvalue weighted by molar-refractivity contribution is 6.26. The van der Waals surface area contributed by atoms with Gasteiger partial charge in [-0.25, -0.2) is 0 Å². The van der Waals surface area contributed by atoms with Gasteiger partial charge in [-0.15, -0.1) is 0 Å². The molecule has 12 aromatic carbocycles. The topological polar surface area (TPSA) is 6.48 Å². The van der Waals surface area contributed by atoms with Gasteiger partial charge in [0.2, 0.25) is 0 Å². The van der Waals surface area contributed by atoms with Gasteiger partial charge >= 0.3 is 0 Å². The largest absolute Gasteiger partial charge is 0.310 e. The number of hydrogen-bond donors (Lipinski definition) is 0. The minimum Gasteiger partial charge on any atom is -0.310 e. The Labute approximate surface area is 483 Å².